The van der Waals surface area contributed by atoms with E-state index in [2.05, 4.69) is 11.7 Å². The van der Waals surface area contributed by atoms with Crippen LogP contribution in [0, 0.1) is 0 Å². The predicted octanol–water partition coefficient (Wildman–Crippen LogP) is 3.09. The van der Waals surface area contributed by atoms with E-state index in [1.807, 2.05) is 0 Å². The highest BCUT2D eigenvalue weighted by Gasteiger charge is 1.97. The average molecular weight is 240 g/mol. The lowest BCUT2D eigenvalue weighted by atomic mass is 10.1. The van der Waals surface area contributed by atoms with Gasteiger partial charge >= 0.3 is 11.9 Å². The molecule has 4 nitrogen and oxygen atoms in total. The van der Waals surface area contributed by atoms with E-state index >= 15 is 0 Å². The SMILES string of the molecule is CCCCCC(C=COC(C)=O)=COC(C)=O. The van der Waals surface area contributed by atoms with Crippen LogP contribution in [0.2, 0.25) is 0 Å². The second-order valence-electron chi connectivity index (χ2n) is 3.67. The Morgan fingerprint density at radius 2 is 1.71 bits per heavy atom. The monoisotopic (exact) mass is 240 g/mol. The molecule has 0 N–H and O–H groups in total. The number of unbranched alkanes of at least 4 members (excludes halogenated alkanes) is 2. The topological polar surface area (TPSA) is 52.6 Å². The Morgan fingerprint density at radius 3 is 2.24 bits per heavy atom. The third-order valence-electron chi connectivity index (χ3n) is 1.96. The van der Waals surface area contributed by atoms with Crippen LogP contribution in [0.3, 0.4) is 0 Å². The summed E-state index contributed by atoms with van der Waals surface area (Å²) in [5.41, 5.74) is 0.829. The zero-order valence-electron chi connectivity index (χ0n) is 10.7. The van der Waals surface area contributed by atoms with Crippen molar-refractivity contribution in [3.63, 3.8) is 0 Å². The van der Waals surface area contributed by atoms with Crippen LogP contribution in [0.4, 0.5) is 0 Å². The molecule has 0 bridgehead atoms. The minimum atomic E-state index is -0.373. The highest BCUT2D eigenvalue weighted by molar-refractivity contribution is 5.67. The third-order valence-corrected chi connectivity index (χ3v) is 1.96. The van der Waals surface area contributed by atoms with Crippen molar-refractivity contribution in [2.75, 3.05) is 0 Å². The van der Waals surface area contributed by atoms with Crippen LogP contribution in [-0.2, 0) is 19.1 Å². The Kier molecular flexibility index (Phi) is 8.74. The molecular formula is C13H20O4. The van der Waals surface area contributed by atoms with Crippen LogP contribution in [-0.4, -0.2) is 11.9 Å². The number of allylic oxidation sites excluding steroid dienone is 2. The summed E-state index contributed by atoms with van der Waals surface area (Å²) in [4.78, 5) is 21.3. The molecule has 17 heavy (non-hydrogen) atoms. The molecule has 0 saturated heterocycles. The molecule has 0 heterocycles. The summed E-state index contributed by atoms with van der Waals surface area (Å²) in [7, 11) is 0. The van der Waals surface area contributed by atoms with Crippen LogP contribution in [0.5, 0.6) is 0 Å². The molecule has 4 heteroatoms. The first-order valence-electron chi connectivity index (χ1n) is 5.76. The Bertz CT molecular complexity index is 303. The maximum Gasteiger partial charge on any atom is 0.307 e. The first-order valence-corrected chi connectivity index (χ1v) is 5.76. The van der Waals surface area contributed by atoms with Crippen LogP contribution in [0.15, 0.2) is 24.2 Å². The molecule has 0 aliphatic rings. The molecule has 96 valence electrons. The molecule has 0 unspecified atom stereocenters. The largest absolute Gasteiger partial charge is 0.435 e. The van der Waals surface area contributed by atoms with Gasteiger partial charge in [0.15, 0.2) is 0 Å². The molecule has 0 atom stereocenters. The Morgan fingerprint density at radius 1 is 1.06 bits per heavy atom. The molecule has 0 aliphatic carbocycles. The fourth-order valence-corrected chi connectivity index (χ4v) is 1.14. The van der Waals surface area contributed by atoms with E-state index in [0.717, 1.165) is 31.3 Å². The molecular weight excluding hydrogens is 220 g/mol. The standard InChI is InChI=1S/C13H20O4/c1-4-5-6-7-13(10-17-12(3)15)8-9-16-11(2)14/h8-10H,4-7H2,1-3H3. The molecule has 0 saturated carbocycles. The number of hydrogen-bond acceptors (Lipinski definition) is 4. The Balaban J connectivity index is 4.28. The first-order chi connectivity index (χ1) is 8.06. The second-order valence-corrected chi connectivity index (χ2v) is 3.67. The van der Waals surface area contributed by atoms with E-state index in [1.54, 1.807) is 6.08 Å². The van der Waals surface area contributed by atoms with Crippen molar-refractivity contribution in [1.82, 2.24) is 0 Å². The highest BCUT2D eigenvalue weighted by Crippen LogP contribution is 2.11. The van der Waals surface area contributed by atoms with Gasteiger partial charge in [0.1, 0.15) is 0 Å². The van der Waals surface area contributed by atoms with Crippen LogP contribution in [0.25, 0.3) is 0 Å². The quantitative estimate of drug-likeness (QED) is 0.297. The number of carbonyl (C=O) groups is 2. The summed E-state index contributed by atoms with van der Waals surface area (Å²) in [6.07, 6.45) is 8.38. The van der Waals surface area contributed by atoms with E-state index in [1.165, 1.54) is 26.4 Å². The molecule has 0 spiro atoms. The van der Waals surface area contributed by atoms with Crippen LogP contribution < -0.4 is 0 Å². The number of rotatable bonds is 7. The fraction of sp³-hybridized carbons (Fsp3) is 0.538. The van der Waals surface area contributed by atoms with Crippen molar-refractivity contribution in [3.8, 4) is 0 Å². The van der Waals surface area contributed by atoms with Crippen LogP contribution in [0.1, 0.15) is 46.5 Å². The van der Waals surface area contributed by atoms with E-state index in [4.69, 9.17) is 4.74 Å². The second kappa shape index (κ2) is 9.63. The van der Waals surface area contributed by atoms with Gasteiger partial charge < -0.3 is 9.47 Å². The lowest BCUT2D eigenvalue weighted by Gasteiger charge is -2.02. The van der Waals surface area contributed by atoms with E-state index in [0.29, 0.717) is 0 Å². The van der Waals surface area contributed by atoms with E-state index in [9.17, 15) is 9.59 Å². The van der Waals surface area contributed by atoms with E-state index < -0.39 is 0 Å². The van der Waals surface area contributed by atoms with Crippen molar-refractivity contribution in [2.24, 2.45) is 0 Å². The summed E-state index contributed by atoms with van der Waals surface area (Å²) in [5.74, 6) is -0.736. The van der Waals surface area contributed by atoms with Crippen LogP contribution >= 0.6 is 0 Å². The molecule has 0 rings (SSSR count). The van der Waals surface area contributed by atoms with Gasteiger partial charge in [-0.25, -0.2) is 0 Å². The van der Waals surface area contributed by atoms with Crippen molar-refractivity contribution >= 4 is 11.9 Å². The van der Waals surface area contributed by atoms with Gasteiger partial charge in [-0.15, -0.1) is 0 Å². The van der Waals surface area contributed by atoms with E-state index in [-0.39, 0.29) is 11.9 Å². The van der Waals surface area contributed by atoms with Gasteiger partial charge in [-0.3, -0.25) is 9.59 Å². The summed E-state index contributed by atoms with van der Waals surface area (Å²) in [6.45, 7) is 4.79. The van der Waals surface area contributed by atoms with Gasteiger partial charge in [-0.1, -0.05) is 19.8 Å². The lowest BCUT2D eigenvalue weighted by Crippen LogP contribution is -1.93. The van der Waals surface area contributed by atoms with Crippen molar-refractivity contribution in [3.05, 3.63) is 24.2 Å². The van der Waals surface area contributed by atoms with Gasteiger partial charge in [0.05, 0.1) is 12.5 Å². The maximum absolute atomic E-state index is 10.7. The zero-order chi connectivity index (χ0) is 13.1. The summed E-state index contributed by atoms with van der Waals surface area (Å²) >= 11 is 0. The van der Waals surface area contributed by atoms with Gasteiger partial charge in [-0.2, -0.15) is 0 Å². The number of ether oxygens (including phenoxy) is 2. The fourth-order valence-electron chi connectivity index (χ4n) is 1.14. The smallest absolute Gasteiger partial charge is 0.307 e. The summed E-state index contributed by atoms with van der Waals surface area (Å²) < 4.78 is 9.48. The predicted molar refractivity (Wildman–Crippen MR) is 64.9 cm³/mol. The summed E-state index contributed by atoms with van der Waals surface area (Å²) in [5, 5.41) is 0. The Labute approximate surface area is 102 Å². The normalized spacial score (nSPS) is 11.6. The third kappa shape index (κ3) is 10.7. The minimum absolute atomic E-state index is 0.362. The number of hydrogen-bond donors (Lipinski definition) is 0. The average Bonchev–Trinajstić information content (AvgIpc) is 2.24. The van der Waals surface area contributed by atoms with Crippen molar-refractivity contribution in [1.29, 1.82) is 0 Å². The number of carbonyl (C=O) groups excluding carboxylic acids is 2. The summed E-state index contributed by atoms with van der Waals surface area (Å²) in [6, 6.07) is 0. The molecule has 0 aromatic rings. The zero-order valence-corrected chi connectivity index (χ0v) is 10.7. The van der Waals surface area contributed by atoms with Gasteiger partial charge in [0.25, 0.3) is 0 Å². The van der Waals surface area contributed by atoms with Gasteiger partial charge in [0, 0.05) is 13.8 Å². The molecule has 0 amide bonds. The maximum atomic E-state index is 10.7. The number of esters is 2. The minimum Gasteiger partial charge on any atom is -0.435 e. The Hall–Kier alpha value is -1.58. The molecule has 0 aliphatic heterocycles. The molecule has 0 aromatic carbocycles. The van der Waals surface area contributed by atoms with Crippen molar-refractivity contribution in [2.45, 2.75) is 46.5 Å². The molecule has 0 radical (unpaired) electrons. The molecule has 0 aromatic heterocycles. The van der Waals surface area contributed by atoms with Crippen molar-refractivity contribution < 1.29 is 19.1 Å². The first kappa shape index (κ1) is 15.4. The highest BCUT2D eigenvalue weighted by atomic mass is 16.5. The molecule has 0 fully saturated rings. The van der Waals surface area contributed by atoms with Gasteiger partial charge in [-0.05, 0) is 24.5 Å². The van der Waals surface area contributed by atoms with Gasteiger partial charge in [0.2, 0.25) is 0 Å². The lowest BCUT2D eigenvalue weighted by molar-refractivity contribution is -0.136.